The zero-order valence-corrected chi connectivity index (χ0v) is 13.9. The summed E-state index contributed by atoms with van der Waals surface area (Å²) in [6, 6.07) is 7.94. The largest absolute Gasteiger partial charge is 0.378 e. The molecular weight excluding hydrogens is 375 g/mol. The Hall–Kier alpha value is -1.16. The van der Waals surface area contributed by atoms with Gasteiger partial charge in [-0.1, -0.05) is 0 Å². The van der Waals surface area contributed by atoms with Crippen LogP contribution in [0.5, 0.6) is 0 Å². The van der Waals surface area contributed by atoms with Crippen LogP contribution in [-0.2, 0) is 0 Å². The number of rotatable bonds is 3. The number of thioether (sulfide) groups is 1. The van der Waals surface area contributed by atoms with Crippen LogP contribution in [-0.4, -0.2) is 32.5 Å². The number of benzene rings is 1. The Morgan fingerprint density at radius 2 is 1.95 bits per heavy atom. The number of hydrazone groups is 1. The van der Waals surface area contributed by atoms with Crippen molar-refractivity contribution in [3.63, 3.8) is 0 Å². The molecule has 1 heterocycles. The molecule has 0 aromatic heterocycles. The zero-order chi connectivity index (χ0) is 13.8. The van der Waals surface area contributed by atoms with E-state index in [0.717, 1.165) is 14.3 Å². The molecule has 2 N–H and O–H groups in total. The number of amidine groups is 1. The second kappa shape index (κ2) is 6.33. The summed E-state index contributed by atoms with van der Waals surface area (Å²) in [5.74, 6) is 0. The van der Waals surface area contributed by atoms with E-state index in [4.69, 9.17) is 5.73 Å². The van der Waals surface area contributed by atoms with E-state index >= 15 is 0 Å². The highest BCUT2D eigenvalue weighted by atomic mass is 127. The fourth-order valence-electron chi connectivity index (χ4n) is 1.34. The summed E-state index contributed by atoms with van der Waals surface area (Å²) in [5.41, 5.74) is 7.68. The number of azo groups is 1. The quantitative estimate of drug-likeness (QED) is 0.490. The molecule has 19 heavy (non-hydrogen) atoms. The van der Waals surface area contributed by atoms with Crippen molar-refractivity contribution < 1.29 is 0 Å². The lowest BCUT2D eigenvalue weighted by atomic mass is 10.3. The molecule has 0 radical (unpaired) electrons. The van der Waals surface area contributed by atoms with Crippen molar-refractivity contribution in [1.82, 2.24) is 3.22 Å². The molecule has 0 saturated heterocycles. The molecule has 102 valence electrons. The second-order valence-corrected chi connectivity index (χ2v) is 8.57. The van der Waals surface area contributed by atoms with Gasteiger partial charge in [-0.2, -0.15) is 0 Å². The first-order chi connectivity index (χ1) is 9.04. The van der Waals surface area contributed by atoms with Gasteiger partial charge < -0.3 is 10.6 Å². The first-order valence-corrected chi connectivity index (χ1v) is 8.37. The Morgan fingerprint density at radius 3 is 2.53 bits per heavy atom. The summed E-state index contributed by atoms with van der Waals surface area (Å²) in [5, 5.41) is 13.2. The predicted octanol–water partition coefficient (Wildman–Crippen LogP) is 2.72. The first kappa shape index (κ1) is 14.3. The number of halogens is 1. The fraction of sp³-hybridized carbons (Fsp3) is 0.273. The van der Waals surface area contributed by atoms with Gasteiger partial charge in [-0.3, -0.25) is 0 Å². The summed E-state index contributed by atoms with van der Waals surface area (Å²) in [6.45, 7) is 0. The monoisotopic (exact) mass is 390 g/mol. The summed E-state index contributed by atoms with van der Waals surface area (Å²) in [6.07, 6.45) is 0. The molecule has 6 nitrogen and oxygen atoms in total. The normalized spacial score (nSPS) is 15.8. The molecule has 1 aromatic rings. The topological polar surface area (TPSA) is 69.6 Å². The minimum absolute atomic E-state index is 0.380. The van der Waals surface area contributed by atoms with E-state index in [1.54, 1.807) is 0 Å². The number of nitrogens with two attached hydrogens (primary N) is 1. The van der Waals surface area contributed by atoms with Crippen molar-refractivity contribution in [3.8, 4) is 0 Å². The molecule has 2 rings (SSSR count). The van der Waals surface area contributed by atoms with E-state index < -0.39 is 0 Å². The zero-order valence-electron chi connectivity index (χ0n) is 10.9. The Morgan fingerprint density at radius 1 is 1.26 bits per heavy atom. The van der Waals surface area contributed by atoms with E-state index in [-0.39, 0.29) is 21.0 Å². The van der Waals surface area contributed by atoms with Crippen LogP contribution >= 0.6 is 32.8 Å². The Bertz CT molecular complexity index is 537. The standard InChI is InChI=1S/C11H15IN6S/c1-17(2)9-6-4-8(5-7-9)14-15-10-12-18(3)16-11(13)19-10/h4-7H,1-3H3,(H2,13,16). The summed E-state index contributed by atoms with van der Waals surface area (Å²) < 4.78 is 2.80. The highest BCUT2D eigenvalue weighted by Crippen LogP contribution is 2.25. The van der Waals surface area contributed by atoms with Crippen molar-refractivity contribution in [2.45, 2.75) is 0 Å². The molecule has 0 saturated carbocycles. The minimum atomic E-state index is -0.380. The van der Waals surface area contributed by atoms with Gasteiger partial charge in [0.25, 0.3) is 0 Å². The third-order valence-electron chi connectivity index (χ3n) is 2.23. The molecule has 1 aromatic carbocycles. The molecule has 0 fully saturated rings. The van der Waals surface area contributed by atoms with Crippen LogP contribution in [0.1, 0.15) is 0 Å². The van der Waals surface area contributed by atoms with E-state index in [1.165, 1.54) is 11.8 Å². The molecule has 0 amide bonds. The van der Waals surface area contributed by atoms with Crippen LogP contribution in [0.25, 0.3) is 0 Å². The molecule has 8 heteroatoms. The third kappa shape index (κ3) is 4.16. The molecule has 0 spiro atoms. The maximum atomic E-state index is 5.70. The molecule has 0 bridgehead atoms. The van der Waals surface area contributed by atoms with Crippen molar-refractivity contribution in [1.29, 1.82) is 0 Å². The van der Waals surface area contributed by atoms with Gasteiger partial charge >= 0.3 is 0 Å². The van der Waals surface area contributed by atoms with E-state index in [2.05, 4.69) is 15.3 Å². The van der Waals surface area contributed by atoms with Crippen molar-refractivity contribution in [3.05, 3.63) is 24.3 Å². The van der Waals surface area contributed by atoms with Crippen molar-refractivity contribution in [2.75, 3.05) is 26.0 Å². The molecule has 0 aliphatic carbocycles. The van der Waals surface area contributed by atoms with Gasteiger partial charge in [0.2, 0.25) is 0 Å². The van der Waals surface area contributed by atoms with Crippen LogP contribution < -0.4 is 10.6 Å². The molecular formula is C11H15IN6S. The lowest BCUT2D eigenvalue weighted by Crippen LogP contribution is -2.16. The van der Waals surface area contributed by atoms with E-state index in [1.807, 2.05) is 53.5 Å². The maximum absolute atomic E-state index is 5.70. The average Bonchev–Trinajstić information content (AvgIpc) is 2.36. The summed E-state index contributed by atoms with van der Waals surface area (Å²) in [4.78, 5) is 2.05. The maximum Gasteiger partial charge on any atom is 0.185 e. The second-order valence-electron chi connectivity index (χ2n) is 3.93. The lowest BCUT2D eigenvalue weighted by Gasteiger charge is -2.13. The van der Waals surface area contributed by atoms with Crippen molar-refractivity contribution in [2.24, 2.45) is 21.1 Å². The van der Waals surface area contributed by atoms with Crippen molar-refractivity contribution >= 4 is 52.3 Å². The van der Waals surface area contributed by atoms with Gasteiger partial charge in [0.1, 0.15) is 0 Å². The summed E-state index contributed by atoms with van der Waals surface area (Å²) in [7, 11) is 5.92. The molecule has 0 atom stereocenters. The van der Waals surface area contributed by atoms with E-state index in [0.29, 0.717) is 5.17 Å². The highest BCUT2D eigenvalue weighted by Gasteiger charge is 2.10. The number of anilines is 1. The van der Waals surface area contributed by atoms with Gasteiger partial charge in [0.15, 0.2) is 8.13 Å². The fourth-order valence-corrected chi connectivity index (χ4v) is 4.72. The summed E-state index contributed by atoms with van der Waals surface area (Å²) >= 11 is 1.02. The third-order valence-corrected chi connectivity index (χ3v) is 5.44. The van der Waals surface area contributed by atoms with Gasteiger partial charge in [0.05, 0.1) is 26.7 Å². The number of hydrogen-bond acceptors (Lipinski definition) is 7. The molecule has 1 aliphatic heterocycles. The predicted molar refractivity (Wildman–Crippen MR) is 91.3 cm³/mol. The number of nitrogens with zero attached hydrogens (tertiary/aromatic N) is 5. The minimum Gasteiger partial charge on any atom is -0.378 e. The molecule has 1 aliphatic rings. The van der Waals surface area contributed by atoms with Crippen LogP contribution in [0.3, 0.4) is 0 Å². The van der Waals surface area contributed by atoms with Gasteiger partial charge in [-0.05, 0) is 36.0 Å². The highest BCUT2D eigenvalue weighted by molar-refractivity contribution is 14.2. The Labute approximate surface area is 126 Å². The van der Waals surface area contributed by atoms with Gasteiger partial charge in [-0.25, -0.2) is 3.22 Å². The van der Waals surface area contributed by atoms with E-state index in [9.17, 15) is 0 Å². The first-order valence-electron chi connectivity index (χ1n) is 5.51. The number of hydrogen-bond donors (Lipinski definition) is 1. The Balaban J connectivity index is 2.07. The van der Waals surface area contributed by atoms with Crippen LogP contribution in [0.2, 0.25) is 0 Å². The van der Waals surface area contributed by atoms with Crippen LogP contribution in [0.15, 0.2) is 39.6 Å². The van der Waals surface area contributed by atoms with Gasteiger partial charge in [0, 0.05) is 26.8 Å². The average molecular weight is 390 g/mol. The van der Waals surface area contributed by atoms with Crippen LogP contribution in [0.4, 0.5) is 11.4 Å². The smallest absolute Gasteiger partial charge is 0.185 e. The molecule has 0 unspecified atom stereocenters. The Kier molecular flexibility index (Phi) is 4.75. The SMILES string of the molecule is CN1N=C(N)SC(N=Nc2ccc(N(C)C)cc2)=I1. The lowest BCUT2D eigenvalue weighted by molar-refractivity contribution is 0.667. The van der Waals surface area contributed by atoms with Crippen LogP contribution in [0, 0.1) is 0 Å². The van der Waals surface area contributed by atoms with Gasteiger partial charge in [-0.15, -0.1) is 15.3 Å².